The molecule has 192 valence electrons. The number of nitrogens with zero attached hydrogens (tertiary/aromatic N) is 4. The maximum Gasteiger partial charge on any atom is 0.412 e. The van der Waals surface area contributed by atoms with Gasteiger partial charge >= 0.3 is 12.1 Å². The van der Waals surface area contributed by atoms with Crippen molar-refractivity contribution in [3.8, 4) is 16.3 Å². The lowest BCUT2D eigenvalue weighted by Gasteiger charge is -2.26. The molecule has 4 N–H and O–H groups in total. The fraction of sp³-hybridized carbons (Fsp3) is 0.261. The van der Waals surface area contributed by atoms with E-state index in [0.717, 1.165) is 24.4 Å². The summed E-state index contributed by atoms with van der Waals surface area (Å²) in [6.45, 7) is 4.17. The summed E-state index contributed by atoms with van der Waals surface area (Å²) in [5.41, 5.74) is 0.940. The highest BCUT2D eigenvalue weighted by Gasteiger charge is 2.17. The summed E-state index contributed by atoms with van der Waals surface area (Å²) in [6.07, 6.45) is 2.46. The Labute approximate surface area is 214 Å². The Morgan fingerprint density at radius 3 is 2.86 bits per heavy atom. The average Bonchev–Trinajstić information content (AvgIpc) is 3.56. The number of carbonyl (C=O) groups is 2. The Hall–Kier alpha value is -4.14. The minimum atomic E-state index is -0.638. The number of fused-ring (bicyclic) bond motifs is 1. The Morgan fingerprint density at radius 1 is 1.19 bits per heavy atom. The summed E-state index contributed by atoms with van der Waals surface area (Å²) in [7, 11) is 0. The molecule has 1 aliphatic heterocycles. The molecule has 12 nitrogen and oxygen atoms in total. The van der Waals surface area contributed by atoms with Crippen LogP contribution in [-0.4, -0.2) is 76.6 Å². The van der Waals surface area contributed by atoms with Crippen molar-refractivity contribution in [1.82, 2.24) is 30.4 Å². The zero-order valence-corrected chi connectivity index (χ0v) is 20.3. The third-order valence-electron chi connectivity index (χ3n) is 5.49. The van der Waals surface area contributed by atoms with Gasteiger partial charge in [0.1, 0.15) is 11.6 Å². The second-order valence-electron chi connectivity index (χ2n) is 8.00. The summed E-state index contributed by atoms with van der Waals surface area (Å²) < 4.78 is 24.7. The number of urea groups is 1. The number of hydrogen-bond acceptors (Lipinski definition) is 9. The van der Waals surface area contributed by atoms with E-state index in [1.807, 2.05) is 0 Å². The molecule has 3 amide bonds. The van der Waals surface area contributed by atoms with E-state index < -0.39 is 17.9 Å². The number of aromatic amines is 1. The van der Waals surface area contributed by atoms with Crippen LogP contribution >= 0.6 is 11.3 Å². The number of halogens is 1. The summed E-state index contributed by atoms with van der Waals surface area (Å²) in [5, 5.41) is 15.4. The molecule has 37 heavy (non-hydrogen) atoms. The zero-order chi connectivity index (χ0) is 25.6. The Bertz CT molecular complexity index is 1400. The lowest BCUT2D eigenvalue weighted by Crippen LogP contribution is -2.41. The molecular weight excluding hydrogens is 503 g/mol. The largest absolute Gasteiger partial charge is 0.412 e. The molecule has 0 radical (unpaired) electrons. The standard InChI is InChI=1S/C23H23FN8O4S/c24-15-3-1-2-4-16(15)29-21(33)30-22-26-13-19(37-22)17-11-18(14-12-27-31-20(14)28-17)36-23(34)25-5-6-32-7-9-35-10-8-32/h1-4,11-13H,5-10H2,(H,25,34)(H,27,28,31)(H2,26,29,30,33). The van der Waals surface area contributed by atoms with Gasteiger partial charge in [-0.15, -0.1) is 0 Å². The maximum atomic E-state index is 13.8. The van der Waals surface area contributed by atoms with Crippen LogP contribution in [0.5, 0.6) is 5.75 Å². The number of hydrogen-bond donors (Lipinski definition) is 4. The van der Waals surface area contributed by atoms with E-state index in [0.29, 0.717) is 47.9 Å². The molecule has 0 atom stereocenters. The lowest BCUT2D eigenvalue weighted by atomic mass is 10.2. The van der Waals surface area contributed by atoms with E-state index in [9.17, 15) is 14.0 Å². The molecule has 4 heterocycles. The van der Waals surface area contributed by atoms with Crippen LogP contribution in [0.4, 0.5) is 24.8 Å². The van der Waals surface area contributed by atoms with Gasteiger partial charge in [0, 0.05) is 38.4 Å². The molecule has 0 aliphatic carbocycles. The van der Waals surface area contributed by atoms with Crippen LogP contribution in [0.3, 0.4) is 0 Å². The second-order valence-corrected chi connectivity index (χ2v) is 9.03. The lowest BCUT2D eigenvalue weighted by molar-refractivity contribution is 0.0385. The second kappa shape index (κ2) is 11.3. The third-order valence-corrected chi connectivity index (χ3v) is 6.42. The molecule has 1 aliphatic rings. The number of anilines is 2. The van der Waals surface area contributed by atoms with Crippen LogP contribution in [0.1, 0.15) is 0 Å². The van der Waals surface area contributed by atoms with Crippen molar-refractivity contribution >= 4 is 45.3 Å². The molecule has 14 heteroatoms. The summed E-state index contributed by atoms with van der Waals surface area (Å²) >= 11 is 1.15. The zero-order valence-electron chi connectivity index (χ0n) is 19.5. The van der Waals surface area contributed by atoms with Crippen LogP contribution < -0.4 is 20.7 Å². The Kier molecular flexibility index (Phi) is 7.49. The van der Waals surface area contributed by atoms with Crippen LogP contribution in [0.15, 0.2) is 42.7 Å². The molecule has 1 fully saturated rings. The highest BCUT2D eigenvalue weighted by Crippen LogP contribution is 2.33. The highest BCUT2D eigenvalue weighted by atomic mass is 32.1. The fourth-order valence-corrected chi connectivity index (χ4v) is 4.42. The van der Waals surface area contributed by atoms with Crippen molar-refractivity contribution in [2.24, 2.45) is 0 Å². The van der Waals surface area contributed by atoms with Gasteiger partial charge in [0.25, 0.3) is 0 Å². The molecule has 1 saturated heterocycles. The van der Waals surface area contributed by atoms with Crippen molar-refractivity contribution in [2.45, 2.75) is 0 Å². The number of rotatable bonds is 7. The van der Waals surface area contributed by atoms with Gasteiger partial charge < -0.3 is 20.1 Å². The van der Waals surface area contributed by atoms with E-state index in [1.54, 1.807) is 12.1 Å². The number of ether oxygens (including phenoxy) is 2. The Morgan fingerprint density at radius 2 is 2.03 bits per heavy atom. The van der Waals surface area contributed by atoms with E-state index in [4.69, 9.17) is 9.47 Å². The fourth-order valence-electron chi connectivity index (χ4n) is 3.65. The summed E-state index contributed by atoms with van der Waals surface area (Å²) in [5.74, 6) is -0.273. The topological polar surface area (TPSA) is 146 Å². The van der Waals surface area contributed by atoms with Crippen LogP contribution in [-0.2, 0) is 4.74 Å². The van der Waals surface area contributed by atoms with Gasteiger partial charge in [-0.25, -0.2) is 23.9 Å². The number of pyridine rings is 1. The quantitative estimate of drug-likeness (QED) is 0.287. The minimum absolute atomic E-state index is 0.0492. The number of para-hydroxylation sites is 1. The monoisotopic (exact) mass is 526 g/mol. The van der Waals surface area contributed by atoms with E-state index in [2.05, 4.69) is 41.0 Å². The Balaban J connectivity index is 1.24. The predicted molar refractivity (Wildman–Crippen MR) is 135 cm³/mol. The molecular formula is C23H23FN8O4S. The van der Waals surface area contributed by atoms with Crippen molar-refractivity contribution in [2.75, 3.05) is 50.0 Å². The number of thiazole rings is 1. The molecule has 0 unspecified atom stereocenters. The van der Waals surface area contributed by atoms with Crippen LogP contribution in [0.2, 0.25) is 0 Å². The number of benzene rings is 1. The van der Waals surface area contributed by atoms with E-state index in [1.165, 1.54) is 30.6 Å². The van der Waals surface area contributed by atoms with Crippen molar-refractivity contribution < 1.29 is 23.5 Å². The van der Waals surface area contributed by atoms with Gasteiger partial charge in [0.15, 0.2) is 10.8 Å². The van der Waals surface area contributed by atoms with Crippen molar-refractivity contribution in [3.05, 3.63) is 48.5 Å². The normalized spacial score (nSPS) is 13.9. The first-order valence-corrected chi connectivity index (χ1v) is 12.3. The number of nitrogens with one attached hydrogen (secondary N) is 4. The molecule has 3 aromatic heterocycles. The molecule has 1 aromatic carbocycles. The third kappa shape index (κ3) is 6.17. The molecule has 0 saturated carbocycles. The van der Waals surface area contributed by atoms with E-state index in [-0.39, 0.29) is 16.6 Å². The molecule has 0 spiro atoms. The van der Waals surface area contributed by atoms with Gasteiger partial charge in [0.2, 0.25) is 0 Å². The molecule has 5 rings (SSSR count). The van der Waals surface area contributed by atoms with Crippen LogP contribution in [0.25, 0.3) is 21.6 Å². The van der Waals surface area contributed by atoms with Gasteiger partial charge in [-0.2, -0.15) is 5.10 Å². The van der Waals surface area contributed by atoms with Crippen molar-refractivity contribution in [1.29, 1.82) is 0 Å². The number of carbonyl (C=O) groups excluding carboxylic acids is 2. The molecule has 0 bridgehead atoms. The first-order chi connectivity index (χ1) is 18.0. The van der Waals surface area contributed by atoms with Crippen molar-refractivity contribution in [3.63, 3.8) is 0 Å². The first-order valence-electron chi connectivity index (χ1n) is 11.4. The number of amides is 3. The molecule has 4 aromatic rings. The van der Waals surface area contributed by atoms with Gasteiger partial charge in [-0.05, 0) is 12.1 Å². The number of morpholine rings is 1. The van der Waals surface area contributed by atoms with Crippen LogP contribution in [0, 0.1) is 5.82 Å². The maximum absolute atomic E-state index is 13.8. The summed E-state index contributed by atoms with van der Waals surface area (Å²) in [6, 6.07) is 6.81. The SMILES string of the molecule is O=C(Nc1ncc(-c2cc(OC(=O)NCCN3CCOCC3)c3cn[nH]c3n2)s1)Nc1ccccc1F. The van der Waals surface area contributed by atoms with Gasteiger partial charge in [-0.3, -0.25) is 15.3 Å². The summed E-state index contributed by atoms with van der Waals surface area (Å²) in [4.78, 5) is 36.2. The predicted octanol–water partition coefficient (Wildman–Crippen LogP) is 3.29. The highest BCUT2D eigenvalue weighted by molar-refractivity contribution is 7.19. The van der Waals surface area contributed by atoms with E-state index >= 15 is 0 Å². The minimum Gasteiger partial charge on any atom is -0.409 e. The van der Waals surface area contributed by atoms with Gasteiger partial charge in [-0.1, -0.05) is 23.5 Å². The first kappa shape index (κ1) is 24.5. The smallest absolute Gasteiger partial charge is 0.409 e. The van der Waals surface area contributed by atoms with Gasteiger partial charge in [0.05, 0.1) is 41.1 Å². The number of H-pyrrole nitrogens is 1. The number of aromatic nitrogens is 4. The average molecular weight is 527 g/mol.